The van der Waals surface area contributed by atoms with Crippen LogP contribution >= 0.6 is 15.9 Å². The molecule has 1 aromatic rings. The van der Waals surface area contributed by atoms with Crippen molar-refractivity contribution in [2.24, 2.45) is 0 Å². The van der Waals surface area contributed by atoms with Crippen molar-refractivity contribution in [2.45, 2.75) is 11.8 Å². The molecule has 16 heavy (non-hydrogen) atoms. The van der Waals surface area contributed by atoms with Crippen molar-refractivity contribution in [3.05, 3.63) is 28.0 Å². The Morgan fingerprint density at radius 1 is 1.69 bits per heavy atom. The summed E-state index contributed by atoms with van der Waals surface area (Å²) in [6.45, 7) is 2.39. The second-order valence-electron chi connectivity index (χ2n) is 3.36. The second kappa shape index (κ2) is 5.11. The van der Waals surface area contributed by atoms with Gasteiger partial charge in [-0.05, 0) is 6.07 Å². The van der Waals surface area contributed by atoms with E-state index in [1.165, 1.54) is 17.0 Å². The first-order valence-electron chi connectivity index (χ1n) is 4.55. The lowest BCUT2D eigenvalue weighted by atomic mass is 10.3. The second-order valence-corrected chi connectivity index (χ2v) is 4.92. The Bertz CT molecular complexity index is 402. The van der Waals surface area contributed by atoms with Crippen molar-refractivity contribution < 1.29 is 14.1 Å². The summed E-state index contributed by atoms with van der Waals surface area (Å²) in [6.07, 6.45) is 0. The zero-order chi connectivity index (χ0) is 12.3. The van der Waals surface area contributed by atoms with Crippen molar-refractivity contribution in [1.82, 2.24) is 4.90 Å². The number of alkyl halides is 1. The summed E-state index contributed by atoms with van der Waals surface area (Å²) in [5.74, 6) is -0.828. The fraction of sp³-hybridized carbons (Fsp3) is 0.444. The standard InChI is InChI=1S/C9H11BrN2O4/c1-6(10)5-11(2)9(13)7-3-4-8(16-7)12(14)15/h3-4,6H,5H2,1-2H3. The molecule has 7 heteroatoms. The third-order valence-electron chi connectivity index (χ3n) is 1.85. The van der Waals surface area contributed by atoms with Gasteiger partial charge in [0.2, 0.25) is 0 Å². The summed E-state index contributed by atoms with van der Waals surface area (Å²) < 4.78 is 4.80. The molecule has 6 nitrogen and oxygen atoms in total. The van der Waals surface area contributed by atoms with Crippen LogP contribution in [0.3, 0.4) is 0 Å². The molecule has 1 atom stereocenters. The number of amides is 1. The third kappa shape index (κ3) is 3.06. The van der Waals surface area contributed by atoms with E-state index >= 15 is 0 Å². The molecule has 0 N–H and O–H groups in total. The summed E-state index contributed by atoms with van der Waals surface area (Å²) in [5, 5.41) is 10.4. The Balaban J connectivity index is 2.76. The van der Waals surface area contributed by atoms with Gasteiger partial charge in [0.15, 0.2) is 5.76 Å². The molecule has 0 radical (unpaired) electrons. The molecule has 0 bridgehead atoms. The van der Waals surface area contributed by atoms with E-state index in [9.17, 15) is 14.9 Å². The molecule has 1 unspecified atom stereocenters. The molecule has 0 aromatic carbocycles. The number of nitro groups is 1. The van der Waals surface area contributed by atoms with E-state index in [4.69, 9.17) is 4.42 Å². The average molecular weight is 291 g/mol. The Labute approximate surface area is 100 Å². The lowest BCUT2D eigenvalue weighted by Crippen LogP contribution is -2.30. The molecule has 0 aliphatic carbocycles. The number of hydrogen-bond donors (Lipinski definition) is 0. The van der Waals surface area contributed by atoms with Gasteiger partial charge in [0.1, 0.15) is 4.92 Å². The highest BCUT2D eigenvalue weighted by Crippen LogP contribution is 2.17. The van der Waals surface area contributed by atoms with Crippen molar-refractivity contribution in [3.8, 4) is 0 Å². The summed E-state index contributed by atoms with van der Waals surface area (Å²) in [7, 11) is 1.61. The van der Waals surface area contributed by atoms with E-state index in [0.29, 0.717) is 6.54 Å². The first kappa shape index (κ1) is 12.7. The van der Waals surface area contributed by atoms with E-state index in [1.54, 1.807) is 7.05 Å². The number of rotatable bonds is 4. The summed E-state index contributed by atoms with van der Waals surface area (Å²) in [4.78, 5) is 23.0. The molecule has 88 valence electrons. The van der Waals surface area contributed by atoms with E-state index in [2.05, 4.69) is 15.9 Å². The average Bonchev–Trinajstić information content (AvgIpc) is 2.64. The SMILES string of the molecule is CC(Br)CN(C)C(=O)c1ccc([N+](=O)[O-])o1. The van der Waals surface area contributed by atoms with Gasteiger partial charge in [0.05, 0.1) is 6.07 Å². The fourth-order valence-electron chi connectivity index (χ4n) is 1.19. The normalized spacial score (nSPS) is 12.2. The number of carbonyl (C=O) groups is 1. The molecule has 1 aromatic heterocycles. The Kier molecular flexibility index (Phi) is 4.05. The zero-order valence-corrected chi connectivity index (χ0v) is 10.4. The molecule has 0 saturated heterocycles. The largest absolute Gasteiger partial charge is 0.433 e. The van der Waals surface area contributed by atoms with Gasteiger partial charge in [0.25, 0.3) is 5.91 Å². The molecule has 1 rings (SSSR count). The smallest absolute Gasteiger partial charge is 0.395 e. The minimum Gasteiger partial charge on any atom is -0.395 e. The topological polar surface area (TPSA) is 76.6 Å². The predicted octanol–water partition coefficient (Wildman–Crippen LogP) is 2.04. The maximum Gasteiger partial charge on any atom is 0.433 e. The predicted molar refractivity (Wildman–Crippen MR) is 60.7 cm³/mol. The maximum absolute atomic E-state index is 11.7. The monoisotopic (exact) mass is 290 g/mol. The van der Waals surface area contributed by atoms with Crippen LogP contribution in [-0.4, -0.2) is 34.2 Å². The molecule has 0 spiro atoms. The van der Waals surface area contributed by atoms with Gasteiger partial charge in [-0.15, -0.1) is 0 Å². The highest BCUT2D eigenvalue weighted by atomic mass is 79.9. The number of furan rings is 1. The van der Waals surface area contributed by atoms with Crippen LogP contribution in [0.5, 0.6) is 0 Å². The van der Waals surface area contributed by atoms with E-state index < -0.39 is 10.8 Å². The van der Waals surface area contributed by atoms with E-state index in [-0.39, 0.29) is 16.5 Å². The Morgan fingerprint density at radius 3 is 2.75 bits per heavy atom. The van der Waals surface area contributed by atoms with Crippen LogP contribution < -0.4 is 0 Å². The van der Waals surface area contributed by atoms with Crippen LogP contribution in [0.4, 0.5) is 5.88 Å². The molecule has 0 saturated carbocycles. The van der Waals surface area contributed by atoms with Crippen LogP contribution in [0.15, 0.2) is 16.5 Å². The molecular weight excluding hydrogens is 280 g/mol. The van der Waals surface area contributed by atoms with Crippen LogP contribution in [0.2, 0.25) is 0 Å². The van der Waals surface area contributed by atoms with Crippen LogP contribution in [-0.2, 0) is 0 Å². The minimum atomic E-state index is -0.677. The first-order chi connectivity index (χ1) is 7.41. The minimum absolute atomic E-state index is 0.0256. The highest BCUT2D eigenvalue weighted by Gasteiger charge is 2.20. The highest BCUT2D eigenvalue weighted by molar-refractivity contribution is 9.09. The molecule has 0 aliphatic rings. The van der Waals surface area contributed by atoms with E-state index in [0.717, 1.165) is 0 Å². The molecular formula is C9H11BrN2O4. The van der Waals surface area contributed by atoms with Gasteiger partial charge in [-0.25, -0.2) is 0 Å². The van der Waals surface area contributed by atoms with Crippen molar-refractivity contribution in [1.29, 1.82) is 0 Å². The summed E-state index contributed by atoms with van der Waals surface area (Å²) >= 11 is 3.31. The number of halogens is 1. The van der Waals surface area contributed by atoms with Gasteiger partial charge < -0.3 is 9.32 Å². The third-order valence-corrected chi connectivity index (χ3v) is 2.14. The van der Waals surface area contributed by atoms with Crippen LogP contribution in [0.25, 0.3) is 0 Å². The van der Waals surface area contributed by atoms with Gasteiger partial charge in [-0.3, -0.25) is 14.9 Å². The molecule has 0 aliphatic heterocycles. The van der Waals surface area contributed by atoms with Crippen molar-refractivity contribution in [3.63, 3.8) is 0 Å². The van der Waals surface area contributed by atoms with Gasteiger partial charge in [-0.1, -0.05) is 22.9 Å². The number of hydrogen-bond acceptors (Lipinski definition) is 4. The van der Waals surface area contributed by atoms with Gasteiger partial charge in [0, 0.05) is 18.4 Å². The Hall–Kier alpha value is -1.37. The lowest BCUT2D eigenvalue weighted by molar-refractivity contribution is -0.402. The Morgan fingerprint density at radius 2 is 2.31 bits per heavy atom. The van der Waals surface area contributed by atoms with Crippen LogP contribution in [0.1, 0.15) is 17.5 Å². The van der Waals surface area contributed by atoms with Crippen molar-refractivity contribution in [2.75, 3.05) is 13.6 Å². The zero-order valence-electron chi connectivity index (χ0n) is 8.84. The number of carbonyl (C=O) groups excluding carboxylic acids is 1. The van der Waals surface area contributed by atoms with Gasteiger partial charge in [-0.2, -0.15) is 0 Å². The quantitative estimate of drug-likeness (QED) is 0.483. The van der Waals surface area contributed by atoms with Gasteiger partial charge >= 0.3 is 5.88 Å². The van der Waals surface area contributed by atoms with E-state index in [1.807, 2.05) is 6.92 Å². The molecule has 1 heterocycles. The number of nitrogens with zero attached hydrogens (tertiary/aromatic N) is 2. The first-order valence-corrected chi connectivity index (χ1v) is 5.47. The molecule has 1 amide bonds. The maximum atomic E-state index is 11.7. The van der Waals surface area contributed by atoms with Crippen LogP contribution in [0, 0.1) is 10.1 Å². The van der Waals surface area contributed by atoms with Crippen molar-refractivity contribution >= 4 is 27.7 Å². The lowest BCUT2D eigenvalue weighted by Gasteiger charge is -2.16. The molecule has 0 fully saturated rings. The summed E-state index contributed by atoms with van der Waals surface area (Å²) in [5.41, 5.74) is 0. The fourth-order valence-corrected chi connectivity index (χ4v) is 1.62. The summed E-state index contributed by atoms with van der Waals surface area (Å²) in [6, 6.07) is 2.47.